The van der Waals surface area contributed by atoms with Crippen LogP contribution < -0.4 is 0 Å². The molecule has 2 heterocycles. The summed E-state index contributed by atoms with van der Waals surface area (Å²) in [5, 5.41) is 0. The van der Waals surface area contributed by atoms with Crippen molar-refractivity contribution < 1.29 is 14.3 Å². The summed E-state index contributed by atoms with van der Waals surface area (Å²) < 4.78 is 5.31. The predicted octanol–water partition coefficient (Wildman–Crippen LogP) is 1.44. The van der Waals surface area contributed by atoms with Gasteiger partial charge in [0.05, 0.1) is 19.1 Å². The van der Waals surface area contributed by atoms with Crippen molar-refractivity contribution in [2.24, 2.45) is 11.8 Å². The molecule has 0 aromatic rings. The molecule has 3 aliphatic rings. The Kier molecular flexibility index (Phi) is 5.13. The molecule has 1 aliphatic carbocycles. The smallest absolute Gasteiger partial charge is 0.227 e. The van der Waals surface area contributed by atoms with E-state index in [2.05, 4.69) is 12.2 Å². The van der Waals surface area contributed by atoms with E-state index in [0.717, 1.165) is 32.2 Å². The fraction of sp³-hybridized carbons (Fsp3) is 0.765. The number of carbonyl (C=O) groups is 2. The van der Waals surface area contributed by atoms with Crippen LogP contribution in [-0.4, -0.2) is 61.0 Å². The summed E-state index contributed by atoms with van der Waals surface area (Å²) in [4.78, 5) is 28.9. The summed E-state index contributed by atoms with van der Waals surface area (Å²) in [5.41, 5.74) is 0. The van der Waals surface area contributed by atoms with E-state index < -0.39 is 0 Å². The van der Waals surface area contributed by atoms with Crippen LogP contribution in [0, 0.1) is 11.8 Å². The van der Waals surface area contributed by atoms with E-state index in [1.54, 1.807) is 0 Å². The molecule has 2 saturated heterocycles. The molecule has 3 rings (SSSR count). The van der Waals surface area contributed by atoms with E-state index in [0.29, 0.717) is 45.2 Å². The van der Waals surface area contributed by atoms with Gasteiger partial charge in [-0.1, -0.05) is 12.2 Å². The number of ether oxygens (including phenoxy) is 1. The third kappa shape index (κ3) is 3.69. The molecule has 2 atom stereocenters. The van der Waals surface area contributed by atoms with Gasteiger partial charge in [-0.2, -0.15) is 0 Å². The van der Waals surface area contributed by atoms with Gasteiger partial charge in [0, 0.05) is 32.6 Å². The third-order valence-corrected chi connectivity index (χ3v) is 5.00. The highest BCUT2D eigenvalue weighted by Crippen LogP contribution is 2.24. The van der Waals surface area contributed by atoms with Crippen molar-refractivity contribution in [1.29, 1.82) is 0 Å². The lowest BCUT2D eigenvalue weighted by molar-refractivity contribution is -0.144. The lowest BCUT2D eigenvalue weighted by Gasteiger charge is -2.36. The molecule has 2 amide bonds. The van der Waals surface area contributed by atoms with Crippen LogP contribution in [0.1, 0.15) is 32.1 Å². The number of allylic oxidation sites excluding steroid dienone is 2. The Morgan fingerprint density at radius 2 is 1.91 bits per heavy atom. The maximum absolute atomic E-state index is 12.6. The number of amides is 2. The van der Waals surface area contributed by atoms with Crippen molar-refractivity contribution in [3.8, 4) is 0 Å². The number of morpholine rings is 1. The Bertz CT molecular complexity index is 443. The molecular formula is C17H26N2O3. The van der Waals surface area contributed by atoms with Gasteiger partial charge in [-0.05, 0) is 31.6 Å². The second kappa shape index (κ2) is 7.27. The van der Waals surface area contributed by atoms with E-state index in [9.17, 15) is 9.59 Å². The lowest BCUT2D eigenvalue weighted by atomic mass is 9.95. The maximum Gasteiger partial charge on any atom is 0.227 e. The predicted molar refractivity (Wildman–Crippen MR) is 83.2 cm³/mol. The van der Waals surface area contributed by atoms with Crippen molar-refractivity contribution >= 4 is 11.8 Å². The molecule has 0 aromatic carbocycles. The fourth-order valence-corrected chi connectivity index (χ4v) is 3.67. The second-order valence-electron chi connectivity index (χ2n) is 6.59. The first-order valence-electron chi connectivity index (χ1n) is 8.55. The molecule has 0 bridgehead atoms. The van der Waals surface area contributed by atoms with E-state index in [4.69, 9.17) is 4.74 Å². The largest absolute Gasteiger partial charge is 0.378 e. The molecule has 0 N–H and O–H groups in total. The van der Waals surface area contributed by atoms with E-state index in [1.807, 2.05) is 9.80 Å². The van der Waals surface area contributed by atoms with Crippen LogP contribution in [0.15, 0.2) is 12.2 Å². The average Bonchev–Trinajstić information content (AvgIpc) is 3.08. The first kappa shape index (κ1) is 15.5. The van der Waals surface area contributed by atoms with Gasteiger partial charge in [0.1, 0.15) is 0 Å². The molecule has 5 heteroatoms. The van der Waals surface area contributed by atoms with E-state index in [-0.39, 0.29) is 17.7 Å². The minimum Gasteiger partial charge on any atom is -0.378 e. The van der Waals surface area contributed by atoms with Gasteiger partial charge in [0.2, 0.25) is 11.8 Å². The van der Waals surface area contributed by atoms with Crippen LogP contribution in [-0.2, 0) is 14.3 Å². The highest BCUT2D eigenvalue weighted by Gasteiger charge is 2.32. The Labute approximate surface area is 132 Å². The van der Waals surface area contributed by atoms with Gasteiger partial charge >= 0.3 is 0 Å². The van der Waals surface area contributed by atoms with Gasteiger partial charge in [0.25, 0.3) is 0 Å². The Hall–Kier alpha value is -1.36. The molecule has 122 valence electrons. The number of piperidine rings is 1. The van der Waals surface area contributed by atoms with Crippen LogP contribution in [0.5, 0.6) is 0 Å². The van der Waals surface area contributed by atoms with Crippen molar-refractivity contribution in [3.63, 3.8) is 0 Å². The van der Waals surface area contributed by atoms with Crippen LogP contribution in [0.4, 0.5) is 0 Å². The molecule has 0 radical (unpaired) electrons. The quantitative estimate of drug-likeness (QED) is 0.741. The summed E-state index contributed by atoms with van der Waals surface area (Å²) in [6.07, 6.45) is 8.97. The van der Waals surface area contributed by atoms with Crippen LogP contribution >= 0.6 is 0 Å². The Morgan fingerprint density at radius 1 is 1.09 bits per heavy atom. The molecule has 0 aromatic heterocycles. The van der Waals surface area contributed by atoms with Gasteiger partial charge in [0.15, 0.2) is 0 Å². The van der Waals surface area contributed by atoms with Crippen LogP contribution in [0.2, 0.25) is 0 Å². The molecule has 0 spiro atoms. The normalized spacial score (nSPS) is 28.9. The first-order valence-corrected chi connectivity index (χ1v) is 8.55. The molecule has 0 saturated carbocycles. The lowest BCUT2D eigenvalue weighted by Crippen LogP contribution is -2.49. The van der Waals surface area contributed by atoms with Gasteiger partial charge in [-0.15, -0.1) is 0 Å². The van der Waals surface area contributed by atoms with Gasteiger partial charge < -0.3 is 14.5 Å². The summed E-state index contributed by atoms with van der Waals surface area (Å²) in [7, 11) is 0. The van der Waals surface area contributed by atoms with Crippen molar-refractivity contribution in [2.75, 3.05) is 39.4 Å². The fourth-order valence-electron chi connectivity index (χ4n) is 3.67. The SMILES string of the molecule is O=C(C[C@@H]1C=CCC1)N1CCC[C@@H](C(=O)N2CCOCC2)C1. The Balaban J connectivity index is 1.52. The summed E-state index contributed by atoms with van der Waals surface area (Å²) in [6.45, 7) is 4.06. The summed E-state index contributed by atoms with van der Waals surface area (Å²) >= 11 is 0. The number of likely N-dealkylation sites (tertiary alicyclic amines) is 1. The summed E-state index contributed by atoms with van der Waals surface area (Å²) in [6, 6.07) is 0. The molecule has 2 fully saturated rings. The number of nitrogens with zero attached hydrogens (tertiary/aromatic N) is 2. The summed E-state index contributed by atoms with van der Waals surface area (Å²) in [5.74, 6) is 0.815. The topological polar surface area (TPSA) is 49.9 Å². The molecule has 22 heavy (non-hydrogen) atoms. The molecule has 2 aliphatic heterocycles. The molecule has 0 unspecified atom stereocenters. The standard InChI is InChI=1S/C17H26N2O3/c20-16(12-14-4-1-2-5-14)19-7-3-6-15(13-19)17(21)18-8-10-22-11-9-18/h1,4,14-15H,2-3,5-13H2/t14-,15-/m1/s1. The van der Waals surface area contributed by atoms with Gasteiger partial charge in [-0.3, -0.25) is 9.59 Å². The van der Waals surface area contributed by atoms with Crippen LogP contribution in [0.3, 0.4) is 0 Å². The molecular weight excluding hydrogens is 280 g/mol. The highest BCUT2D eigenvalue weighted by atomic mass is 16.5. The second-order valence-corrected chi connectivity index (χ2v) is 6.59. The number of rotatable bonds is 3. The number of hydrogen-bond acceptors (Lipinski definition) is 3. The zero-order valence-corrected chi connectivity index (χ0v) is 13.2. The van der Waals surface area contributed by atoms with Crippen LogP contribution in [0.25, 0.3) is 0 Å². The minimum absolute atomic E-state index is 0.0186. The van der Waals surface area contributed by atoms with E-state index in [1.165, 1.54) is 0 Å². The third-order valence-electron chi connectivity index (χ3n) is 5.00. The Morgan fingerprint density at radius 3 is 2.64 bits per heavy atom. The highest BCUT2D eigenvalue weighted by molar-refractivity contribution is 5.81. The maximum atomic E-state index is 12.6. The zero-order chi connectivity index (χ0) is 15.4. The average molecular weight is 306 g/mol. The monoisotopic (exact) mass is 306 g/mol. The van der Waals surface area contributed by atoms with E-state index >= 15 is 0 Å². The first-order chi connectivity index (χ1) is 10.7. The van der Waals surface area contributed by atoms with Crippen molar-refractivity contribution in [3.05, 3.63) is 12.2 Å². The zero-order valence-electron chi connectivity index (χ0n) is 13.2. The van der Waals surface area contributed by atoms with Crippen molar-refractivity contribution in [2.45, 2.75) is 32.1 Å². The van der Waals surface area contributed by atoms with Crippen molar-refractivity contribution in [1.82, 2.24) is 9.80 Å². The molecule has 5 nitrogen and oxygen atoms in total. The minimum atomic E-state index is -0.0186. The van der Waals surface area contributed by atoms with Gasteiger partial charge in [-0.25, -0.2) is 0 Å². The number of carbonyl (C=O) groups excluding carboxylic acids is 2. The number of hydrogen-bond donors (Lipinski definition) is 0.